The van der Waals surface area contributed by atoms with Gasteiger partial charge in [-0.25, -0.2) is 4.39 Å². The van der Waals surface area contributed by atoms with Crippen LogP contribution in [0.25, 0.3) is 0 Å². The Balaban J connectivity index is 2.16. The van der Waals surface area contributed by atoms with Crippen molar-refractivity contribution in [2.45, 2.75) is 12.0 Å². The van der Waals surface area contributed by atoms with Gasteiger partial charge in [0.2, 0.25) is 5.91 Å². The summed E-state index contributed by atoms with van der Waals surface area (Å²) in [4.78, 5) is 13.8. The lowest BCUT2D eigenvalue weighted by molar-refractivity contribution is -0.143. The van der Waals surface area contributed by atoms with E-state index >= 15 is 0 Å². The first-order valence-corrected chi connectivity index (χ1v) is 7.42. The highest BCUT2D eigenvalue weighted by atomic mass is 79.9. The first-order valence-electron chi connectivity index (χ1n) is 6.63. The van der Waals surface area contributed by atoms with E-state index < -0.39 is 17.3 Å². The van der Waals surface area contributed by atoms with E-state index in [2.05, 4.69) is 21.2 Å². The Morgan fingerprint density at radius 1 is 1.57 bits per heavy atom. The van der Waals surface area contributed by atoms with Crippen LogP contribution < -0.4 is 5.32 Å². The summed E-state index contributed by atoms with van der Waals surface area (Å²) in [6.45, 7) is 0.615. The molecule has 2 aliphatic heterocycles. The summed E-state index contributed by atoms with van der Waals surface area (Å²) >= 11 is 3.33. The maximum Gasteiger partial charge on any atom is 0.235 e. The minimum Gasteiger partial charge on any atom is -0.379 e. The predicted octanol–water partition coefficient (Wildman–Crippen LogP) is 1.82. The third-order valence-corrected chi connectivity index (χ3v) is 4.68. The molecule has 3 rings (SSSR count). The highest BCUT2D eigenvalue weighted by molar-refractivity contribution is 9.10. The van der Waals surface area contributed by atoms with Crippen LogP contribution in [0.3, 0.4) is 0 Å². The van der Waals surface area contributed by atoms with Gasteiger partial charge in [-0.05, 0) is 24.6 Å². The molecule has 1 aromatic carbocycles. The van der Waals surface area contributed by atoms with Crippen LogP contribution in [0.2, 0.25) is 0 Å². The minimum absolute atomic E-state index is 0.0406. The fourth-order valence-corrected chi connectivity index (χ4v) is 3.41. The number of ether oxygens (including phenoxy) is 1. The quantitative estimate of drug-likeness (QED) is 0.807. The van der Waals surface area contributed by atoms with Gasteiger partial charge in [0.25, 0.3) is 0 Å². The number of rotatable bonds is 1. The Kier molecular flexibility index (Phi) is 3.49. The van der Waals surface area contributed by atoms with E-state index in [1.807, 2.05) is 0 Å². The van der Waals surface area contributed by atoms with Crippen LogP contribution in [0.5, 0.6) is 0 Å². The standard InChI is InChI=1S/C14H15BrFN3O2/c1-19-12(20)9-4-5-21-7-14(9,18-13(19)17)10-6-8(15)2-3-11(10)16/h2-3,6,9H,4-5,7H2,1H3,(H2,17,18)/t9-,14?/m0/s1. The maximum atomic E-state index is 14.4. The van der Waals surface area contributed by atoms with Crippen molar-refractivity contribution in [3.63, 3.8) is 0 Å². The molecule has 7 heteroatoms. The molecule has 2 atom stereocenters. The summed E-state index contributed by atoms with van der Waals surface area (Å²) in [5.74, 6) is -1.08. The Morgan fingerprint density at radius 2 is 2.33 bits per heavy atom. The van der Waals surface area contributed by atoms with Gasteiger partial charge in [0, 0.05) is 23.7 Å². The van der Waals surface area contributed by atoms with Crippen molar-refractivity contribution in [2.24, 2.45) is 5.92 Å². The largest absolute Gasteiger partial charge is 0.379 e. The maximum absolute atomic E-state index is 14.4. The predicted molar refractivity (Wildman–Crippen MR) is 78.3 cm³/mol. The summed E-state index contributed by atoms with van der Waals surface area (Å²) in [5.41, 5.74) is -0.667. The van der Waals surface area contributed by atoms with Gasteiger partial charge >= 0.3 is 0 Å². The SMILES string of the molecule is CN1C(=N)NC2(c3cc(Br)ccc3F)COCC[C@H]2C1=O. The molecule has 1 aromatic rings. The smallest absolute Gasteiger partial charge is 0.235 e. The number of carbonyl (C=O) groups excluding carboxylic acids is 1. The van der Waals surface area contributed by atoms with Gasteiger partial charge in [0.15, 0.2) is 5.96 Å². The molecular weight excluding hydrogens is 341 g/mol. The number of hydrogen-bond donors (Lipinski definition) is 2. The van der Waals surface area contributed by atoms with Gasteiger partial charge in [-0.2, -0.15) is 0 Å². The number of amides is 1. The number of fused-ring (bicyclic) bond motifs is 1. The molecule has 0 aromatic heterocycles. The van der Waals surface area contributed by atoms with Gasteiger partial charge in [0.05, 0.1) is 12.5 Å². The van der Waals surface area contributed by atoms with Crippen molar-refractivity contribution in [3.05, 3.63) is 34.1 Å². The molecule has 2 aliphatic rings. The summed E-state index contributed by atoms with van der Waals surface area (Å²) in [5, 5.41) is 10.9. The van der Waals surface area contributed by atoms with Gasteiger partial charge in [-0.1, -0.05) is 15.9 Å². The fraction of sp³-hybridized carbons (Fsp3) is 0.429. The third kappa shape index (κ3) is 2.15. The first kappa shape index (κ1) is 14.5. The zero-order valence-corrected chi connectivity index (χ0v) is 13.0. The zero-order chi connectivity index (χ0) is 15.2. The number of guanidine groups is 1. The van der Waals surface area contributed by atoms with Crippen molar-refractivity contribution in [2.75, 3.05) is 20.3 Å². The molecule has 2 N–H and O–H groups in total. The van der Waals surface area contributed by atoms with Crippen molar-refractivity contribution >= 4 is 27.8 Å². The van der Waals surface area contributed by atoms with Crippen LogP contribution in [-0.2, 0) is 15.1 Å². The van der Waals surface area contributed by atoms with Crippen LogP contribution in [-0.4, -0.2) is 37.0 Å². The first-order chi connectivity index (χ1) is 9.95. The van der Waals surface area contributed by atoms with E-state index in [-0.39, 0.29) is 18.5 Å². The summed E-state index contributed by atoms with van der Waals surface area (Å²) < 4.78 is 20.6. The van der Waals surface area contributed by atoms with E-state index in [1.165, 1.54) is 11.0 Å². The molecule has 1 unspecified atom stereocenters. The lowest BCUT2D eigenvalue weighted by atomic mass is 9.73. The van der Waals surface area contributed by atoms with Crippen molar-refractivity contribution in [1.29, 1.82) is 5.41 Å². The van der Waals surface area contributed by atoms with E-state index in [0.29, 0.717) is 18.6 Å². The van der Waals surface area contributed by atoms with Crippen molar-refractivity contribution < 1.29 is 13.9 Å². The molecule has 1 amide bonds. The molecule has 0 saturated carbocycles. The van der Waals surface area contributed by atoms with Gasteiger partial charge in [-0.15, -0.1) is 0 Å². The second-order valence-electron chi connectivity index (χ2n) is 5.36. The molecule has 112 valence electrons. The molecule has 0 radical (unpaired) electrons. The normalized spacial score (nSPS) is 29.1. The third-order valence-electron chi connectivity index (χ3n) is 4.19. The minimum atomic E-state index is -1.02. The summed E-state index contributed by atoms with van der Waals surface area (Å²) in [6, 6.07) is 4.61. The molecule has 0 aliphatic carbocycles. The number of halogens is 2. The Bertz CT molecular complexity index is 624. The van der Waals surface area contributed by atoms with Crippen LogP contribution in [0.4, 0.5) is 4.39 Å². The number of nitrogens with zero attached hydrogens (tertiary/aromatic N) is 1. The molecule has 0 spiro atoms. The van der Waals surface area contributed by atoms with E-state index in [4.69, 9.17) is 10.1 Å². The van der Waals surface area contributed by atoms with E-state index in [0.717, 1.165) is 4.47 Å². The molecular formula is C14H15BrFN3O2. The van der Waals surface area contributed by atoms with E-state index in [9.17, 15) is 9.18 Å². The van der Waals surface area contributed by atoms with Gasteiger partial charge in [0.1, 0.15) is 11.4 Å². The lowest BCUT2D eigenvalue weighted by Gasteiger charge is -2.49. The second-order valence-corrected chi connectivity index (χ2v) is 6.28. The second kappa shape index (κ2) is 5.06. The average Bonchev–Trinajstić information content (AvgIpc) is 2.47. The molecule has 2 heterocycles. The highest BCUT2D eigenvalue weighted by Crippen LogP contribution is 2.41. The Hall–Kier alpha value is -1.47. The Labute approximate surface area is 130 Å². The molecule has 5 nitrogen and oxygen atoms in total. The van der Waals surface area contributed by atoms with Gasteiger partial charge < -0.3 is 10.1 Å². The number of benzene rings is 1. The van der Waals surface area contributed by atoms with E-state index in [1.54, 1.807) is 19.2 Å². The fourth-order valence-electron chi connectivity index (χ4n) is 3.05. The highest BCUT2D eigenvalue weighted by Gasteiger charge is 2.53. The molecule has 21 heavy (non-hydrogen) atoms. The summed E-state index contributed by atoms with van der Waals surface area (Å²) in [7, 11) is 1.55. The Morgan fingerprint density at radius 3 is 3.10 bits per heavy atom. The lowest BCUT2D eigenvalue weighted by Crippen LogP contribution is -2.68. The monoisotopic (exact) mass is 355 g/mol. The average molecular weight is 356 g/mol. The van der Waals surface area contributed by atoms with Crippen LogP contribution >= 0.6 is 15.9 Å². The number of carbonyl (C=O) groups is 1. The van der Waals surface area contributed by atoms with Crippen molar-refractivity contribution in [3.8, 4) is 0 Å². The number of nitrogens with one attached hydrogen (secondary N) is 2. The zero-order valence-electron chi connectivity index (χ0n) is 11.5. The van der Waals surface area contributed by atoms with Gasteiger partial charge in [-0.3, -0.25) is 15.1 Å². The van der Waals surface area contributed by atoms with Crippen LogP contribution in [0.15, 0.2) is 22.7 Å². The number of hydrogen-bond acceptors (Lipinski definition) is 3. The molecule has 0 bridgehead atoms. The van der Waals surface area contributed by atoms with Crippen molar-refractivity contribution in [1.82, 2.24) is 10.2 Å². The van der Waals surface area contributed by atoms with Crippen LogP contribution in [0.1, 0.15) is 12.0 Å². The summed E-state index contributed by atoms with van der Waals surface area (Å²) in [6.07, 6.45) is 0.495. The molecule has 2 saturated heterocycles. The topological polar surface area (TPSA) is 65.4 Å². The molecule has 2 fully saturated rings. The van der Waals surface area contributed by atoms with Crippen LogP contribution in [0, 0.1) is 17.1 Å².